The normalized spacial score (nSPS) is 18.5. The van der Waals surface area contributed by atoms with Gasteiger partial charge in [-0.15, -0.1) is 21.5 Å². The van der Waals surface area contributed by atoms with Gasteiger partial charge in [-0.3, -0.25) is 24.1 Å². The molecule has 13 heteroatoms. The molecule has 0 saturated carbocycles. The van der Waals surface area contributed by atoms with Crippen LogP contribution in [0.25, 0.3) is 10.1 Å². The van der Waals surface area contributed by atoms with Gasteiger partial charge in [0.1, 0.15) is 17.8 Å². The van der Waals surface area contributed by atoms with Gasteiger partial charge in [0.05, 0.1) is 18.7 Å². The maximum Gasteiger partial charge on any atom is 0.266 e. The fourth-order valence-corrected chi connectivity index (χ4v) is 6.80. The van der Waals surface area contributed by atoms with E-state index in [9.17, 15) is 19.2 Å². The molecule has 3 N–H and O–H groups in total. The lowest BCUT2D eigenvalue weighted by Crippen LogP contribution is -2.55. The molecule has 0 radical (unpaired) electrons. The van der Waals surface area contributed by atoms with E-state index in [1.165, 1.54) is 4.90 Å². The first-order chi connectivity index (χ1) is 21.3. The molecule has 4 aromatic rings. The van der Waals surface area contributed by atoms with Crippen LogP contribution < -0.4 is 15.5 Å². The Morgan fingerprint density at radius 1 is 1.16 bits per heavy atom. The smallest absolute Gasteiger partial charge is 0.266 e. The lowest BCUT2D eigenvalue weighted by atomic mass is 9.99. The molecular weight excluding hydrogens is 580 g/mol. The van der Waals surface area contributed by atoms with Crippen LogP contribution in [0.15, 0.2) is 52.8 Å². The number of aryl methyl sites for hydroxylation is 1. The molecule has 0 spiro atoms. The predicted octanol–water partition coefficient (Wildman–Crippen LogP) is 2.68. The Morgan fingerprint density at radius 2 is 1.98 bits per heavy atom. The molecule has 0 unspecified atom stereocenters. The standard InChI is InChI=1S/C31H32N8O4S/c1-3-17(2)27(34-26(40)14-20-16-44-24-10-5-4-9-21(20)24)30(42)33-22-12-11-18-7-6-8-19-13-23(39(28(18)19)31(22)43)29(41)32-15-25-35-37-38-36-25/h4-10,16-17,22-23H,3,11-15H2,1-2H3,(H,32,41)(H,33,42)(H,35,36,37,38)/t17-,22-,23-/m0/s1. The Balaban J connectivity index is 1.21. The van der Waals surface area contributed by atoms with E-state index in [1.807, 2.05) is 61.7 Å². The molecule has 4 heterocycles. The van der Waals surface area contributed by atoms with Gasteiger partial charge in [-0.2, -0.15) is 5.21 Å². The summed E-state index contributed by atoms with van der Waals surface area (Å²) >= 11 is 1.56. The first-order valence-corrected chi connectivity index (χ1v) is 15.5. The molecule has 2 aromatic carbocycles. The Bertz CT molecular complexity index is 1770. The summed E-state index contributed by atoms with van der Waals surface area (Å²) in [5.74, 6) is -1.68. The molecular formula is C31H32N8O4S. The number of H-pyrrole nitrogens is 1. The summed E-state index contributed by atoms with van der Waals surface area (Å²) < 4.78 is 1.08. The summed E-state index contributed by atoms with van der Waals surface area (Å²) in [6.45, 7) is 3.82. The number of benzene rings is 2. The highest BCUT2D eigenvalue weighted by Crippen LogP contribution is 2.39. The minimum Gasteiger partial charge on any atom is -0.347 e. The number of tetrazole rings is 1. The zero-order valence-electron chi connectivity index (χ0n) is 24.4. The van der Waals surface area contributed by atoms with Crippen LogP contribution in [0, 0.1) is 5.92 Å². The third kappa shape index (κ3) is 5.74. The minimum atomic E-state index is -0.904. The molecule has 226 valence electrons. The SMILES string of the molecule is CC[C@H](C)C(=NC(=O)Cc1csc2ccccc12)C(=O)N[C@H]1CCc2cccc3c2N(C1=O)[C@H](C(=O)NCc1nn[nH]n1)C3. The molecule has 2 aliphatic heterocycles. The van der Waals surface area contributed by atoms with Crippen molar-refractivity contribution in [2.24, 2.45) is 10.9 Å². The van der Waals surface area contributed by atoms with E-state index in [-0.39, 0.29) is 36.4 Å². The number of carbonyl (C=O) groups excluding carboxylic acids is 4. The third-order valence-corrected chi connectivity index (χ3v) is 9.30. The predicted molar refractivity (Wildman–Crippen MR) is 165 cm³/mol. The van der Waals surface area contributed by atoms with E-state index in [0.29, 0.717) is 31.5 Å². The van der Waals surface area contributed by atoms with Crippen molar-refractivity contribution < 1.29 is 19.2 Å². The topological polar surface area (TPSA) is 162 Å². The molecule has 4 amide bonds. The number of aromatic amines is 1. The van der Waals surface area contributed by atoms with Crippen molar-refractivity contribution >= 4 is 56.5 Å². The van der Waals surface area contributed by atoms with E-state index in [0.717, 1.165) is 32.5 Å². The summed E-state index contributed by atoms with van der Waals surface area (Å²) in [6, 6.07) is 11.9. The number of fused-ring (bicyclic) bond motifs is 1. The van der Waals surface area contributed by atoms with E-state index in [4.69, 9.17) is 0 Å². The largest absolute Gasteiger partial charge is 0.347 e. The number of aliphatic imine (C=N–C) groups is 1. The lowest BCUT2D eigenvalue weighted by Gasteiger charge is -2.28. The number of rotatable bonds is 9. The molecule has 0 saturated heterocycles. The molecule has 2 aliphatic rings. The average Bonchev–Trinajstić information content (AvgIpc) is 3.77. The number of nitrogens with zero attached hydrogens (tertiary/aromatic N) is 5. The molecule has 6 rings (SSSR count). The maximum atomic E-state index is 14.1. The molecule has 2 aromatic heterocycles. The number of anilines is 1. The van der Waals surface area contributed by atoms with Crippen LogP contribution in [-0.2, 0) is 45.0 Å². The monoisotopic (exact) mass is 612 g/mol. The van der Waals surface area contributed by atoms with Gasteiger partial charge in [0.2, 0.25) is 11.8 Å². The average molecular weight is 613 g/mol. The number of amides is 4. The second-order valence-electron chi connectivity index (χ2n) is 11.1. The van der Waals surface area contributed by atoms with E-state index < -0.39 is 23.9 Å². The summed E-state index contributed by atoms with van der Waals surface area (Å²) in [5, 5.41) is 22.2. The van der Waals surface area contributed by atoms with E-state index in [2.05, 4.69) is 36.3 Å². The van der Waals surface area contributed by atoms with Crippen LogP contribution in [0.5, 0.6) is 0 Å². The molecule has 0 bridgehead atoms. The second-order valence-corrected chi connectivity index (χ2v) is 12.0. The van der Waals surface area contributed by atoms with Gasteiger partial charge < -0.3 is 10.6 Å². The van der Waals surface area contributed by atoms with Crippen LogP contribution in [0.1, 0.15) is 49.2 Å². The van der Waals surface area contributed by atoms with Crippen LogP contribution in [0.2, 0.25) is 0 Å². The van der Waals surface area contributed by atoms with E-state index in [1.54, 1.807) is 11.3 Å². The molecule has 44 heavy (non-hydrogen) atoms. The van der Waals surface area contributed by atoms with Crippen molar-refractivity contribution in [1.82, 2.24) is 31.3 Å². The number of thiophene rings is 1. The van der Waals surface area contributed by atoms with Gasteiger partial charge in [-0.1, -0.05) is 55.5 Å². The molecule has 3 atom stereocenters. The summed E-state index contributed by atoms with van der Waals surface area (Å²) in [4.78, 5) is 60.0. The first kappa shape index (κ1) is 29.3. The third-order valence-electron chi connectivity index (χ3n) is 8.28. The van der Waals surface area contributed by atoms with Gasteiger partial charge in [0, 0.05) is 17.0 Å². The van der Waals surface area contributed by atoms with Crippen LogP contribution in [0.3, 0.4) is 0 Å². The highest BCUT2D eigenvalue weighted by molar-refractivity contribution is 7.17. The van der Waals surface area contributed by atoms with Gasteiger partial charge in [-0.05, 0) is 52.8 Å². The van der Waals surface area contributed by atoms with Gasteiger partial charge in [0.15, 0.2) is 5.82 Å². The Morgan fingerprint density at radius 3 is 2.77 bits per heavy atom. The fraction of sp³-hybridized carbons (Fsp3) is 0.355. The molecule has 0 fully saturated rings. The maximum absolute atomic E-state index is 14.1. The number of hydrogen-bond donors (Lipinski definition) is 3. The number of hydrogen-bond acceptors (Lipinski definition) is 8. The van der Waals surface area contributed by atoms with Crippen molar-refractivity contribution in [3.63, 3.8) is 0 Å². The highest BCUT2D eigenvalue weighted by Gasteiger charge is 2.44. The van der Waals surface area contributed by atoms with Crippen LogP contribution >= 0.6 is 11.3 Å². The Hall–Kier alpha value is -4.78. The molecule has 0 aliphatic carbocycles. The fourth-order valence-electron chi connectivity index (χ4n) is 5.83. The van der Waals surface area contributed by atoms with Crippen LogP contribution in [-0.4, -0.2) is 62.0 Å². The zero-order chi connectivity index (χ0) is 30.8. The quantitative estimate of drug-likeness (QED) is 0.245. The van der Waals surface area contributed by atoms with Gasteiger partial charge in [-0.25, -0.2) is 4.99 Å². The highest BCUT2D eigenvalue weighted by atomic mass is 32.1. The first-order valence-electron chi connectivity index (χ1n) is 14.6. The van der Waals surface area contributed by atoms with Crippen molar-refractivity contribution in [2.45, 2.75) is 64.6 Å². The van der Waals surface area contributed by atoms with Gasteiger partial charge >= 0.3 is 0 Å². The summed E-state index contributed by atoms with van der Waals surface area (Å²) in [6.07, 6.45) is 1.89. The van der Waals surface area contributed by atoms with Crippen LogP contribution in [0.4, 0.5) is 5.69 Å². The number of nitrogens with one attached hydrogen (secondary N) is 3. The molecule has 12 nitrogen and oxygen atoms in total. The van der Waals surface area contributed by atoms with Gasteiger partial charge in [0.25, 0.3) is 11.8 Å². The summed E-state index contributed by atoms with van der Waals surface area (Å²) in [7, 11) is 0. The minimum absolute atomic E-state index is 0.0567. The van der Waals surface area contributed by atoms with Crippen molar-refractivity contribution in [3.05, 3.63) is 70.4 Å². The Kier molecular flexibility index (Phi) is 8.29. The number of para-hydroxylation sites is 1. The lowest BCUT2D eigenvalue weighted by molar-refractivity contribution is -0.128. The summed E-state index contributed by atoms with van der Waals surface area (Å²) in [5.41, 5.74) is 3.53. The Labute approximate surface area is 257 Å². The van der Waals surface area contributed by atoms with Crippen molar-refractivity contribution in [1.29, 1.82) is 0 Å². The van der Waals surface area contributed by atoms with Crippen molar-refractivity contribution in [3.8, 4) is 0 Å². The second kappa shape index (κ2) is 12.4. The van der Waals surface area contributed by atoms with Crippen molar-refractivity contribution in [2.75, 3.05) is 4.90 Å². The number of aromatic nitrogens is 4. The number of carbonyl (C=O) groups is 4. The van der Waals surface area contributed by atoms with E-state index >= 15 is 0 Å². The zero-order valence-corrected chi connectivity index (χ0v) is 25.2.